The van der Waals surface area contributed by atoms with E-state index in [0.29, 0.717) is 0 Å². The molecule has 0 amide bonds. The summed E-state index contributed by atoms with van der Waals surface area (Å²) in [6.07, 6.45) is -2.16. The summed E-state index contributed by atoms with van der Waals surface area (Å²) in [7, 11) is 2.33. The van der Waals surface area contributed by atoms with Crippen LogP contribution in [0.4, 0.5) is 4.79 Å². The van der Waals surface area contributed by atoms with Gasteiger partial charge in [0.2, 0.25) is 5.28 Å². The lowest BCUT2D eigenvalue weighted by Gasteiger charge is -2.26. The third-order valence-electron chi connectivity index (χ3n) is 2.28. The smallest absolute Gasteiger partial charge is 0.511 e. The number of hydrogen-bond acceptors (Lipinski definition) is 7. The van der Waals surface area contributed by atoms with E-state index in [9.17, 15) is 14.8 Å². The molecule has 0 saturated carbocycles. The van der Waals surface area contributed by atoms with Gasteiger partial charge >= 0.3 is 12.1 Å². The summed E-state index contributed by atoms with van der Waals surface area (Å²) in [6.45, 7) is 3.92. The number of carboxylic acids is 1. The lowest BCUT2D eigenvalue weighted by atomic mass is 10.1. The van der Waals surface area contributed by atoms with Crippen molar-refractivity contribution in [2.24, 2.45) is 5.28 Å². The first-order chi connectivity index (χ1) is 8.62. The molecule has 0 aromatic heterocycles. The molecule has 0 saturated heterocycles. The van der Waals surface area contributed by atoms with Crippen LogP contribution in [0.1, 0.15) is 20.8 Å². The van der Waals surface area contributed by atoms with Gasteiger partial charge in [-0.05, 0) is 13.8 Å². The van der Waals surface area contributed by atoms with E-state index in [4.69, 9.17) is 5.11 Å². The maximum absolute atomic E-state index is 11.5. The molecule has 0 heterocycles. The van der Waals surface area contributed by atoms with Crippen molar-refractivity contribution in [3.63, 3.8) is 0 Å². The molecule has 0 rings (SSSR count). The molecule has 0 spiro atoms. The van der Waals surface area contributed by atoms with Gasteiger partial charge in [0.25, 0.3) is 6.29 Å². The van der Waals surface area contributed by atoms with E-state index in [1.54, 1.807) is 0 Å². The third-order valence-corrected chi connectivity index (χ3v) is 2.28. The van der Waals surface area contributed by atoms with Gasteiger partial charge in [0.15, 0.2) is 5.54 Å². The largest absolute Gasteiger partial charge is 0.569 e. The quantitative estimate of drug-likeness (QED) is 0.248. The number of hydrogen-bond donors (Lipinski definition) is 1. The zero-order valence-electron chi connectivity index (χ0n) is 11.3. The van der Waals surface area contributed by atoms with Gasteiger partial charge in [0, 0.05) is 6.92 Å². The molecule has 0 fully saturated rings. The molecule has 0 aliphatic heterocycles. The highest BCUT2D eigenvalue weighted by Crippen LogP contribution is 2.12. The van der Waals surface area contributed by atoms with E-state index >= 15 is 0 Å². The number of carbonyl (C=O) groups excluding carboxylic acids is 1. The Morgan fingerprint density at radius 2 is 2.00 bits per heavy atom. The molecule has 10 heteroatoms. The molecule has 19 heavy (non-hydrogen) atoms. The number of ether oxygens (including phenoxy) is 2. The van der Waals surface area contributed by atoms with Crippen molar-refractivity contribution >= 4 is 12.1 Å². The van der Waals surface area contributed by atoms with Crippen molar-refractivity contribution in [3.8, 4) is 0 Å². The van der Waals surface area contributed by atoms with Gasteiger partial charge in [-0.15, -0.1) is 5.01 Å². The van der Waals surface area contributed by atoms with Crippen molar-refractivity contribution in [1.29, 1.82) is 0 Å². The maximum Gasteiger partial charge on any atom is 0.511 e. The molecule has 110 valence electrons. The highest BCUT2D eigenvalue weighted by Gasteiger charge is 2.38. The van der Waals surface area contributed by atoms with E-state index < -0.39 is 24.0 Å². The van der Waals surface area contributed by atoms with Gasteiger partial charge in [-0.1, -0.05) is 0 Å². The van der Waals surface area contributed by atoms with Gasteiger partial charge in [0.05, 0.1) is 19.1 Å². The highest BCUT2D eigenvalue weighted by molar-refractivity contribution is 5.77. The minimum Gasteiger partial charge on any atom is -0.569 e. The van der Waals surface area contributed by atoms with Gasteiger partial charge < -0.3 is 19.8 Å². The van der Waals surface area contributed by atoms with Crippen LogP contribution in [0, 0.1) is 5.21 Å². The molecule has 0 bridgehead atoms. The van der Waals surface area contributed by atoms with Crippen molar-refractivity contribution in [2.45, 2.75) is 32.6 Å². The molecule has 1 N–H and O–H groups in total. The van der Waals surface area contributed by atoms with Crippen molar-refractivity contribution in [1.82, 2.24) is 5.01 Å². The Bertz CT molecular complexity index is 369. The Morgan fingerprint density at radius 1 is 1.47 bits per heavy atom. The molecule has 0 aromatic carbocycles. The Kier molecular flexibility index (Phi) is 5.83. The topological polar surface area (TPSA) is 124 Å². The first-order valence-corrected chi connectivity index (χ1v) is 5.18. The summed E-state index contributed by atoms with van der Waals surface area (Å²) in [6, 6.07) is 0. The zero-order chi connectivity index (χ0) is 15.2. The molecule has 0 aliphatic carbocycles. The fourth-order valence-electron chi connectivity index (χ4n) is 0.719. The van der Waals surface area contributed by atoms with Crippen LogP contribution in [0.3, 0.4) is 0 Å². The normalized spacial score (nSPS) is 13.4. The van der Waals surface area contributed by atoms with Crippen molar-refractivity contribution < 1.29 is 34.0 Å². The molecular weight excluding hydrogens is 262 g/mol. The van der Waals surface area contributed by atoms with Gasteiger partial charge in [0.1, 0.15) is 0 Å². The van der Waals surface area contributed by atoms with Gasteiger partial charge in [-0.3, -0.25) is 4.84 Å². The van der Waals surface area contributed by atoms with Crippen LogP contribution in [0.25, 0.3) is 0 Å². The Labute approximate surface area is 109 Å². The minimum absolute atomic E-state index is 0.0642. The SMILES string of the molecule is COC(=O)OC(C)O/N=[N+](\[O-])N(C)C(C)(C)C(=O)O. The lowest BCUT2D eigenvalue weighted by Crippen LogP contribution is -2.50. The minimum atomic E-state index is -1.49. The Hall–Kier alpha value is -2.26. The second-order valence-corrected chi connectivity index (χ2v) is 3.97. The molecule has 0 aliphatic rings. The van der Waals surface area contributed by atoms with Crippen molar-refractivity contribution in [2.75, 3.05) is 14.2 Å². The number of rotatable bonds is 6. The van der Waals surface area contributed by atoms with Crippen LogP contribution in [-0.2, 0) is 19.1 Å². The fraction of sp³-hybridized carbons (Fsp3) is 0.778. The van der Waals surface area contributed by atoms with Gasteiger partial charge in [-0.2, -0.15) is 0 Å². The predicted octanol–water partition coefficient (Wildman–Crippen LogP) is 0.720. The monoisotopic (exact) mass is 279 g/mol. The zero-order valence-corrected chi connectivity index (χ0v) is 11.3. The molecule has 1 unspecified atom stereocenters. The summed E-state index contributed by atoms with van der Waals surface area (Å²) in [5.41, 5.74) is -1.49. The van der Waals surface area contributed by atoms with E-state index in [1.165, 1.54) is 27.8 Å². The Balaban J connectivity index is 4.57. The second kappa shape index (κ2) is 6.61. The average molecular weight is 279 g/mol. The van der Waals surface area contributed by atoms with Gasteiger partial charge in [-0.25, -0.2) is 9.59 Å². The van der Waals surface area contributed by atoms with Crippen LogP contribution in [0.2, 0.25) is 0 Å². The summed E-state index contributed by atoms with van der Waals surface area (Å²) >= 11 is 0. The fourth-order valence-corrected chi connectivity index (χ4v) is 0.719. The Morgan fingerprint density at radius 3 is 2.42 bits per heavy atom. The summed E-state index contributed by atoms with van der Waals surface area (Å²) < 4.78 is 8.68. The van der Waals surface area contributed by atoms with E-state index in [1.807, 2.05) is 0 Å². The van der Waals surface area contributed by atoms with Crippen LogP contribution in [-0.4, -0.2) is 53.2 Å². The van der Waals surface area contributed by atoms with Crippen LogP contribution < -0.4 is 0 Å². The lowest BCUT2D eigenvalue weighted by molar-refractivity contribution is -0.719. The van der Waals surface area contributed by atoms with Crippen molar-refractivity contribution in [3.05, 3.63) is 5.21 Å². The highest BCUT2D eigenvalue weighted by atomic mass is 16.8. The summed E-state index contributed by atoms with van der Waals surface area (Å²) in [5, 5.41) is 24.2. The number of likely N-dealkylation sites (N-methyl/N-ethyl adjacent to an activating group) is 1. The molecule has 1 atom stereocenters. The molecule has 0 radical (unpaired) electrons. The first-order valence-electron chi connectivity index (χ1n) is 5.18. The van der Waals surface area contributed by atoms with E-state index in [2.05, 4.69) is 19.6 Å². The van der Waals surface area contributed by atoms with Crippen LogP contribution in [0.15, 0.2) is 5.28 Å². The number of methoxy groups -OCH3 is 1. The van der Waals surface area contributed by atoms with Crippen LogP contribution in [0.5, 0.6) is 0 Å². The van der Waals surface area contributed by atoms with E-state index in [0.717, 1.165) is 12.1 Å². The molecular formula is C9H17N3O7. The number of nitrogens with zero attached hydrogens (tertiary/aromatic N) is 3. The first kappa shape index (κ1) is 16.7. The van der Waals surface area contributed by atoms with Crippen LogP contribution >= 0.6 is 0 Å². The molecule has 10 nitrogen and oxygen atoms in total. The summed E-state index contributed by atoms with van der Waals surface area (Å²) in [5.74, 6) is -1.22. The number of hydrazine groups is 1. The number of aliphatic carboxylic acids is 1. The molecule has 0 aromatic rings. The number of carbonyl (C=O) groups is 2. The van der Waals surface area contributed by atoms with E-state index in [-0.39, 0.29) is 4.97 Å². The second-order valence-electron chi connectivity index (χ2n) is 3.97. The summed E-state index contributed by atoms with van der Waals surface area (Å²) in [4.78, 5) is 26.1. The standard InChI is InChI=1S/C9H17N3O7/c1-6(18-8(15)17-5)19-10-12(16)11(4)9(2,3)7(13)14/h6H,1-5H3,(H,13,14)/b12-10-. The third kappa shape index (κ3) is 4.85. The number of carboxylic acid groups (broad SMARTS) is 1. The predicted molar refractivity (Wildman–Crippen MR) is 59.6 cm³/mol. The maximum atomic E-state index is 11.5. The average Bonchev–Trinajstić information content (AvgIpc) is 2.34.